The van der Waals surface area contributed by atoms with Gasteiger partial charge >= 0.3 is 0 Å². The zero-order chi connectivity index (χ0) is 15.9. The Labute approximate surface area is 142 Å². The second-order valence-electron chi connectivity index (χ2n) is 6.88. The molecule has 24 heavy (non-hydrogen) atoms. The molecule has 2 aromatic carbocycles. The standard InChI is InChI=1S/C22H20N2/c1-2-5-16-15(4-1)8-9-19-17-6-3-7-21(20(17)11-10-18(16)19)22-14-23-12-13-24-22/h1,4,8-14,21H,2-3,5-7H2. The van der Waals surface area contributed by atoms with Gasteiger partial charge in [0.15, 0.2) is 0 Å². The molecule has 1 aromatic heterocycles. The van der Waals surface area contributed by atoms with E-state index in [0.717, 1.165) is 18.5 Å². The lowest BCUT2D eigenvalue weighted by atomic mass is 9.78. The van der Waals surface area contributed by atoms with Crippen LogP contribution in [0, 0.1) is 0 Å². The Morgan fingerprint density at radius 2 is 1.83 bits per heavy atom. The average molecular weight is 312 g/mol. The van der Waals surface area contributed by atoms with Gasteiger partial charge in [-0.15, -0.1) is 0 Å². The van der Waals surface area contributed by atoms with Gasteiger partial charge in [-0.25, -0.2) is 0 Å². The van der Waals surface area contributed by atoms with Crippen LogP contribution in [0.1, 0.15) is 53.1 Å². The van der Waals surface area contributed by atoms with Crippen LogP contribution >= 0.6 is 0 Å². The number of fused-ring (bicyclic) bond motifs is 5. The number of hydrogen-bond donors (Lipinski definition) is 0. The van der Waals surface area contributed by atoms with Crippen molar-refractivity contribution in [3.05, 3.63) is 76.9 Å². The second-order valence-corrected chi connectivity index (χ2v) is 6.88. The fraction of sp³-hybridized carbons (Fsp3) is 0.273. The molecule has 0 amide bonds. The SMILES string of the molecule is C1=Cc2ccc3c4c(ccc3c2CC1)C(c1cnccn1)CCC4. The van der Waals surface area contributed by atoms with Gasteiger partial charge in [-0.3, -0.25) is 9.97 Å². The molecule has 1 unspecified atom stereocenters. The maximum absolute atomic E-state index is 4.58. The third kappa shape index (κ3) is 2.10. The summed E-state index contributed by atoms with van der Waals surface area (Å²) in [4.78, 5) is 8.86. The van der Waals surface area contributed by atoms with E-state index < -0.39 is 0 Å². The van der Waals surface area contributed by atoms with Crippen molar-refractivity contribution in [2.45, 2.75) is 38.0 Å². The average Bonchev–Trinajstić information content (AvgIpc) is 2.67. The lowest BCUT2D eigenvalue weighted by Crippen LogP contribution is -2.13. The van der Waals surface area contributed by atoms with Crippen LogP contribution in [-0.4, -0.2) is 9.97 Å². The highest BCUT2D eigenvalue weighted by Gasteiger charge is 2.25. The van der Waals surface area contributed by atoms with Crippen LogP contribution < -0.4 is 0 Å². The van der Waals surface area contributed by atoms with E-state index in [0.29, 0.717) is 5.92 Å². The third-order valence-corrected chi connectivity index (χ3v) is 5.59. The minimum absolute atomic E-state index is 0.391. The molecule has 1 atom stereocenters. The van der Waals surface area contributed by atoms with Crippen LogP contribution in [-0.2, 0) is 12.8 Å². The molecule has 0 aliphatic heterocycles. The van der Waals surface area contributed by atoms with Crippen LogP contribution in [0.2, 0.25) is 0 Å². The number of hydrogen-bond acceptors (Lipinski definition) is 2. The van der Waals surface area contributed by atoms with Gasteiger partial charge in [0.25, 0.3) is 0 Å². The first-order chi connectivity index (χ1) is 11.9. The van der Waals surface area contributed by atoms with E-state index in [1.54, 1.807) is 6.20 Å². The van der Waals surface area contributed by atoms with Crippen molar-refractivity contribution in [2.75, 3.05) is 0 Å². The second kappa shape index (κ2) is 5.55. The topological polar surface area (TPSA) is 25.8 Å². The first-order valence-electron chi connectivity index (χ1n) is 8.91. The lowest BCUT2D eigenvalue weighted by molar-refractivity contribution is 0.605. The van der Waals surface area contributed by atoms with E-state index in [2.05, 4.69) is 46.4 Å². The number of allylic oxidation sites excluding steroid dienone is 1. The normalized spacial score (nSPS) is 19.1. The van der Waals surface area contributed by atoms with Gasteiger partial charge < -0.3 is 0 Å². The Balaban J connectivity index is 1.72. The van der Waals surface area contributed by atoms with Crippen molar-refractivity contribution >= 4 is 16.8 Å². The van der Waals surface area contributed by atoms with Crippen LogP contribution in [0.25, 0.3) is 16.8 Å². The van der Waals surface area contributed by atoms with Gasteiger partial charge in [-0.2, -0.15) is 0 Å². The highest BCUT2D eigenvalue weighted by Crippen LogP contribution is 2.40. The van der Waals surface area contributed by atoms with Crippen molar-refractivity contribution in [2.24, 2.45) is 0 Å². The van der Waals surface area contributed by atoms with Crippen molar-refractivity contribution in [1.82, 2.24) is 9.97 Å². The Morgan fingerprint density at radius 1 is 0.917 bits per heavy atom. The first-order valence-corrected chi connectivity index (χ1v) is 8.91. The molecular weight excluding hydrogens is 292 g/mol. The highest BCUT2D eigenvalue weighted by molar-refractivity contribution is 5.93. The van der Waals surface area contributed by atoms with Crippen LogP contribution in [0.4, 0.5) is 0 Å². The number of benzene rings is 2. The Morgan fingerprint density at radius 3 is 2.75 bits per heavy atom. The van der Waals surface area contributed by atoms with Crippen LogP contribution in [0.15, 0.2) is 48.9 Å². The fourth-order valence-electron chi connectivity index (χ4n) is 4.48. The summed E-state index contributed by atoms with van der Waals surface area (Å²) in [7, 11) is 0. The Hall–Kier alpha value is -2.48. The predicted molar refractivity (Wildman–Crippen MR) is 98.1 cm³/mol. The molecule has 2 aliphatic carbocycles. The van der Waals surface area contributed by atoms with Gasteiger partial charge in [-0.05, 0) is 65.1 Å². The summed E-state index contributed by atoms with van der Waals surface area (Å²) >= 11 is 0. The Kier molecular flexibility index (Phi) is 3.22. The molecular formula is C22H20N2. The number of aromatic nitrogens is 2. The molecule has 2 heteroatoms. The molecule has 0 radical (unpaired) electrons. The molecule has 0 bridgehead atoms. The van der Waals surface area contributed by atoms with E-state index in [1.165, 1.54) is 52.3 Å². The zero-order valence-corrected chi connectivity index (χ0v) is 13.7. The van der Waals surface area contributed by atoms with Crippen molar-refractivity contribution in [3.8, 4) is 0 Å². The Bertz CT molecular complexity index is 941. The quantitative estimate of drug-likeness (QED) is 0.628. The maximum atomic E-state index is 4.58. The summed E-state index contributed by atoms with van der Waals surface area (Å²) in [5.41, 5.74) is 7.03. The predicted octanol–water partition coefficient (Wildman–Crippen LogP) is 5.06. The van der Waals surface area contributed by atoms with E-state index >= 15 is 0 Å². The summed E-state index contributed by atoms with van der Waals surface area (Å²) in [6.45, 7) is 0. The molecule has 0 saturated carbocycles. The van der Waals surface area contributed by atoms with Gasteiger partial charge in [0, 0.05) is 24.5 Å². The van der Waals surface area contributed by atoms with Crippen LogP contribution in [0.3, 0.4) is 0 Å². The molecule has 0 saturated heterocycles. The van der Waals surface area contributed by atoms with Gasteiger partial charge in [-0.1, -0.05) is 36.4 Å². The summed E-state index contributed by atoms with van der Waals surface area (Å²) in [6, 6.07) is 9.34. The monoisotopic (exact) mass is 312 g/mol. The maximum Gasteiger partial charge on any atom is 0.0661 e. The van der Waals surface area contributed by atoms with Gasteiger partial charge in [0.05, 0.1) is 5.69 Å². The molecule has 0 fully saturated rings. The van der Waals surface area contributed by atoms with E-state index in [1.807, 2.05) is 12.4 Å². The van der Waals surface area contributed by atoms with Crippen molar-refractivity contribution in [1.29, 1.82) is 0 Å². The largest absolute Gasteiger partial charge is 0.261 e. The van der Waals surface area contributed by atoms with Crippen molar-refractivity contribution in [3.63, 3.8) is 0 Å². The molecule has 118 valence electrons. The molecule has 2 nitrogen and oxygen atoms in total. The fourth-order valence-corrected chi connectivity index (χ4v) is 4.48. The molecule has 0 N–H and O–H groups in total. The number of nitrogens with zero attached hydrogens (tertiary/aromatic N) is 2. The summed E-state index contributed by atoms with van der Waals surface area (Å²) in [5, 5.41) is 2.91. The highest BCUT2D eigenvalue weighted by atomic mass is 14.8. The molecule has 5 rings (SSSR count). The smallest absolute Gasteiger partial charge is 0.0661 e. The van der Waals surface area contributed by atoms with E-state index in [-0.39, 0.29) is 0 Å². The first kappa shape index (κ1) is 13.9. The number of rotatable bonds is 1. The van der Waals surface area contributed by atoms with E-state index in [9.17, 15) is 0 Å². The molecule has 3 aromatic rings. The number of aryl methyl sites for hydroxylation is 2. The van der Waals surface area contributed by atoms with Gasteiger partial charge in [0.1, 0.15) is 0 Å². The van der Waals surface area contributed by atoms with E-state index in [4.69, 9.17) is 0 Å². The van der Waals surface area contributed by atoms with Crippen LogP contribution in [0.5, 0.6) is 0 Å². The minimum Gasteiger partial charge on any atom is -0.261 e. The molecule has 0 spiro atoms. The molecule has 1 heterocycles. The summed E-state index contributed by atoms with van der Waals surface area (Å²) in [5.74, 6) is 0.391. The zero-order valence-electron chi connectivity index (χ0n) is 13.7. The molecule has 2 aliphatic rings. The minimum atomic E-state index is 0.391. The third-order valence-electron chi connectivity index (χ3n) is 5.59. The van der Waals surface area contributed by atoms with Gasteiger partial charge in [0.2, 0.25) is 0 Å². The summed E-state index contributed by atoms with van der Waals surface area (Å²) in [6.07, 6.45) is 16.0. The summed E-state index contributed by atoms with van der Waals surface area (Å²) < 4.78 is 0. The van der Waals surface area contributed by atoms with Crippen molar-refractivity contribution < 1.29 is 0 Å². The lowest BCUT2D eigenvalue weighted by Gasteiger charge is -2.27.